The van der Waals surface area contributed by atoms with Gasteiger partial charge in [-0.2, -0.15) is 4.31 Å². The minimum absolute atomic E-state index is 0.147. The minimum Gasteiger partial charge on any atom is -0.374 e. The van der Waals surface area contributed by atoms with Crippen molar-refractivity contribution in [2.45, 2.75) is 11.0 Å². The Balaban J connectivity index is 2.31. The van der Waals surface area contributed by atoms with Crippen molar-refractivity contribution in [2.75, 3.05) is 26.2 Å². The van der Waals surface area contributed by atoms with Gasteiger partial charge in [-0.1, -0.05) is 15.9 Å². The molecule has 0 spiro atoms. The highest BCUT2D eigenvalue weighted by Crippen LogP contribution is 2.24. The number of morpholine rings is 1. The first-order valence-electron chi connectivity index (χ1n) is 5.72. The van der Waals surface area contributed by atoms with Gasteiger partial charge >= 0.3 is 0 Å². The molecule has 1 aliphatic rings. The zero-order valence-corrected chi connectivity index (χ0v) is 12.5. The van der Waals surface area contributed by atoms with Crippen LogP contribution in [0.1, 0.15) is 0 Å². The van der Waals surface area contributed by atoms with E-state index in [9.17, 15) is 12.8 Å². The maximum absolute atomic E-state index is 13.8. The van der Waals surface area contributed by atoms with E-state index in [2.05, 4.69) is 15.9 Å². The molecule has 8 heteroatoms. The van der Waals surface area contributed by atoms with Crippen molar-refractivity contribution in [2.24, 2.45) is 5.73 Å². The topological polar surface area (TPSA) is 72.6 Å². The third-order valence-corrected chi connectivity index (χ3v) is 5.27. The summed E-state index contributed by atoms with van der Waals surface area (Å²) in [6, 6.07) is 3.88. The van der Waals surface area contributed by atoms with Gasteiger partial charge < -0.3 is 10.5 Å². The van der Waals surface area contributed by atoms with Crippen molar-refractivity contribution in [1.82, 2.24) is 4.31 Å². The highest BCUT2D eigenvalue weighted by molar-refractivity contribution is 9.10. The third-order valence-electron chi connectivity index (χ3n) is 2.88. The zero-order valence-electron chi connectivity index (χ0n) is 10.1. The van der Waals surface area contributed by atoms with Gasteiger partial charge in [-0.25, -0.2) is 12.8 Å². The van der Waals surface area contributed by atoms with Crippen molar-refractivity contribution < 1.29 is 17.5 Å². The summed E-state index contributed by atoms with van der Waals surface area (Å²) in [6.07, 6.45) is -0.345. The number of halogens is 2. The monoisotopic (exact) mass is 352 g/mol. The van der Waals surface area contributed by atoms with E-state index in [1.165, 1.54) is 16.4 Å². The average molecular weight is 353 g/mol. The molecule has 0 amide bonds. The summed E-state index contributed by atoms with van der Waals surface area (Å²) in [5.41, 5.74) is 5.47. The zero-order chi connectivity index (χ0) is 14.0. The normalized spacial score (nSPS) is 21.5. The summed E-state index contributed by atoms with van der Waals surface area (Å²) in [5.74, 6) is -0.773. The highest BCUT2D eigenvalue weighted by Gasteiger charge is 2.32. The Morgan fingerprint density at radius 2 is 2.26 bits per heavy atom. The van der Waals surface area contributed by atoms with Crippen LogP contribution in [0.5, 0.6) is 0 Å². The number of benzene rings is 1. The fourth-order valence-electron chi connectivity index (χ4n) is 1.88. The van der Waals surface area contributed by atoms with Crippen LogP contribution in [-0.4, -0.2) is 45.1 Å². The molecule has 0 radical (unpaired) electrons. The maximum atomic E-state index is 13.8. The average Bonchev–Trinajstić information content (AvgIpc) is 2.38. The maximum Gasteiger partial charge on any atom is 0.246 e. The second-order valence-corrected chi connectivity index (χ2v) is 6.99. The minimum atomic E-state index is -3.85. The predicted molar refractivity (Wildman–Crippen MR) is 71.7 cm³/mol. The van der Waals surface area contributed by atoms with Crippen molar-refractivity contribution >= 4 is 26.0 Å². The van der Waals surface area contributed by atoms with Crippen LogP contribution in [0.15, 0.2) is 27.6 Å². The Bertz CT molecular complexity index is 567. The molecule has 1 fully saturated rings. The van der Waals surface area contributed by atoms with Gasteiger partial charge in [0.2, 0.25) is 10.0 Å². The molecule has 1 heterocycles. The van der Waals surface area contributed by atoms with Gasteiger partial charge in [0.15, 0.2) is 0 Å². The lowest BCUT2D eigenvalue weighted by Crippen LogP contribution is -2.48. The lowest BCUT2D eigenvalue weighted by Gasteiger charge is -2.31. The van der Waals surface area contributed by atoms with Crippen molar-refractivity contribution in [3.8, 4) is 0 Å². The number of rotatable bonds is 3. The van der Waals surface area contributed by atoms with Gasteiger partial charge in [0.25, 0.3) is 0 Å². The molecule has 0 saturated carbocycles. The highest BCUT2D eigenvalue weighted by atomic mass is 79.9. The van der Waals surface area contributed by atoms with Gasteiger partial charge in [0.1, 0.15) is 10.7 Å². The molecule has 2 N–H and O–H groups in total. The Hall–Kier alpha value is -0.540. The van der Waals surface area contributed by atoms with Crippen LogP contribution in [0.25, 0.3) is 0 Å². The second kappa shape index (κ2) is 5.84. The van der Waals surface area contributed by atoms with Crippen LogP contribution < -0.4 is 5.73 Å². The molecular formula is C11H14BrFN2O3S. The van der Waals surface area contributed by atoms with E-state index >= 15 is 0 Å². The number of nitrogens with two attached hydrogens (primary N) is 1. The summed E-state index contributed by atoms with van der Waals surface area (Å²) in [4.78, 5) is -0.326. The molecule has 1 saturated heterocycles. The van der Waals surface area contributed by atoms with E-state index in [-0.39, 0.29) is 37.2 Å². The van der Waals surface area contributed by atoms with E-state index in [0.29, 0.717) is 4.47 Å². The SMILES string of the molecule is NCC1CN(S(=O)(=O)c2ccc(Br)cc2F)CCO1. The number of ether oxygens (including phenoxy) is 1. The standard InChI is InChI=1S/C11H14BrFN2O3S/c12-8-1-2-11(10(13)5-8)19(16,17)15-3-4-18-9(6-14)7-15/h1-2,5,9H,3-4,6-7,14H2. The number of sulfonamides is 1. The molecular weight excluding hydrogens is 339 g/mol. The van der Waals surface area contributed by atoms with Gasteiger partial charge in [-0.15, -0.1) is 0 Å². The van der Waals surface area contributed by atoms with Gasteiger partial charge in [0, 0.05) is 24.1 Å². The molecule has 106 valence electrons. The van der Waals surface area contributed by atoms with E-state index in [1.54, 1.807) is 0 Å². The van der Waals surface area contributed by atoms with Crippen LogP contribution in [0, 0.1) is 5.82 Å². The number of hydrogen-bond donors (Lipinski definition) is 1. The largest absolute Gasteiger partial charge is 0.374 e. The number of hydrogen-bond acceptors (Lipinski definition) is 4. The summed E-state index contributed by atoms with van der Waals surface area (Å²) in [6.45, 7) is 0.844. The van der Waals surface area contributed by atoms with Gasteiger partial charge in [-0.3, -0.25) is 0 Å². The first-order valence-corrected chi connectivity index (χ1v) is 7.95. The number of nitrogens with zero attached hydrogens (tertiary/aromatic N) is 1. The molecule has 0 bridgehead atoms. The molecule has 1 atom stereocenters. The van der Waals surface area contributed by atoms with E-state index in [0.717, 1.165) is 6.07 Å². The molecule has 2 rings (SSSR count). The van der Waals surface area contributed by atoms with E-state index < -0.39 is 15.8 Å². The third kappa shape index (κ3) is 3.14. The molecule has 1 aromatic carbocycles. The van der Waals surface area contributed by atoms with Crippen LogP contribution >= 0.6 is 15.9 Å². The summed E-state index contributed by atoms with van der Waals surface area (Å²) >= 11 is 3.09. The van der Waals surface area contributed by atoms with Crippen LogP contribution in [-0.2, 0) is 14.8 Å². The van der Waals surface area contributed by atoms with Crippen LogP contribution in [0.2, 0.25) is 0 Å². The summed E-state index contributed by atoms with van der Waals surface area (Å²) in [7, 11) is -3.85. The first kappa shape index (κ1) is 14.9. The van der Waals surface area contributed by atoms with E-state index in [1.807, 2.05) is 0 Å². The molecule has 1 aliphatic heterocycles. The fraction of sp³-hybridized carbons (Fsp3) is 0.455. The second-order valence-electron chi connectivity index (χ2n) is 4.17. The van der Waals surface area contributed by atoms with E-state index in [4.69, 9.17) is 10.5 Å². The van der Waals surface area contributed by atoms with Crippen molar-refractivity contribution in [3.63, 3.8) is 0 Å². The molecule has 1 aromatic rings. The molecule has 1 unspecified atom stereocenters. The van der Waals surface area contributed by atoms with Crippen LogP contribution in [0.4, 0.5) is 4.39 Å². The Morgan fingerprint density at radius 3 is 2.89 bits per heavy atom. The molecule has 0 aliphatic carbocycles. The quantitative estimate of drug-likeness (QED) is 0.878. The van der Waals surface area contributed by atoms with Crippen molar-refractivity contribution in [1.29, 1.82) is 0 Å². The predicted octanol–water partition coefficient (Wildman–Crippen LogP) is 0.936. The summed E-state index contributed by atoms with van der Waals surface area (Å²) in [5, 5.41) is 0. The molecule has 5 nitrogen and oxygen atoms in total. The lowest BCUT2D eigenvalue weighted by atomic mass is 10.3. The molecule has 19 heavy (non-hydrogen) atoms. The summed E-state index contributed by atoms with van der Waals surface area (Å²) < 4.78 is 45.5. The van der Waals surface area contributed by atoms with Gasteiger partial charge in [-0.05, 0) is 18.2 Å². The first-order chi connectivity index (χ1) is 8.95. The Labute approximate surface area is 119 Å². The molecule has 0 aromatic heterocycles. The van der Waals surface area contributed by atoms with Crippen LogP contribution in [0.3, 0.4) is 0 Å². The van der Waals surface area contributed by atoms with Gasteiger partial charge in [0.05, 0.1) is 12.7 Å². The lowest BCUT2D eigenvalue weighted by molar-refractivity contribution is 0.00445. The van der Waals surface area contributed by atoms with Crippen molar-refractivity contribution in [3.05, 3.63) is 28.5 Å². The Kier molecular flexibility index (Phi) is 4.57. The fourth-order valence-corrected chi connectivity index (χ4v) is 3.71. The Morgan fingerprint density at radius 1 is 1.53 bits per heavy atom. The smallest absolute Gasteiger partial charge is 0.246 e.